The van der Waals surface area contributed by atoms with Gasteiger partial charge in [-0.25, -0.2) is 0 Å². The Hall–Kier alpha value is -2.65. The highest BCUT2D eigenvalue weighted by Gasteiger charge is 2.21. The summed E-state index contributed by atoms with van der Waals surface area (Å²) in [6.45, 7) is 19.2. The summed E-state index contributed by atoms with van der Waals surface area (Å²) < 4.78 is 0. The quantitative estimate of drug-likeness (QED) is 0.393. The lowest BCUT2D eigenvalue weighted by molar-refractivity contribution is 0.472. The lowest BCUT2D eigenvalue weighted by Crippen LogP contribution is -2.17. The van der Waals surface area contributed by atoms with Gasteiger partial charge in [0.25, 0.3) is 0 Å². The molecule has 1 fully saturated rings. The molecule has 3 heterocycles. The SMILES string of the molecule is C=C(c1ccc(-c2cncc(-c3ccnc(C(C)(C)C)c3)c2)c(Cl)c1)N1CCC(C)C1.CC. The van der Waals surface area contributed by atoms with Crippen LogP contribution in [-0.2, 0) is 5.41 Å². The predicted molar refractivity (Wildman–Crippen MR) is 142 cm³/mol. The fourth-order valence-electron chi connectivity index (χ4n) is 4.06. The van der Waals surface area contributed by atoms with Gasteiger partial charge in [-0.05, 0) is 47.7 Å². The number of halogens is 1. The predicted octanol–water partition coefficient (Wildman–Crippen LogP) is 8.10. The topological polar surface area (TPSA) is 29.0 Å². The molecule has 1 aromatic carbocycles. The van der Waals surface area contributed by atoms with Crippen molar-refractivity contribution in [1.82, 2.24) is 14.9 Å². The Morgan fingerprint density at radius 1 is 1.03 bits per heavy atom. The van der Waals surface area contributed by atoms with Gasteiger partial charge in [0.15, 0.2) is 0 Å². The highest BCUT2D eigenvalue weighted by atomic mass is 35.5. The summed E-state index contributed by atoms with van der Waals surface area (Å²) in [4.78, 5) is 11.4. The van der Waals surface area contributed by atoms with Crippen molar-refractivity contribution in [2.24, 2.45) is 5.92 Å². The third kappa shape index (κ3) is 5.83. The molecule has 0 amide bonds. The molecule has 4 rings (SSSR count). The molecule has 1 atom stereocenters. The van der Waals surface area contributed by atoms with Crippen LogP contribution in [0.3, 0.4) is 0 Å². The summed E-state index contributed by atoms with van der Waals surface area (Å²) >= 11 is 6.73. The molecule has 0 spiro atoms. The van der Waals surface area contributed by atoms with E-state index in [1.165, 1.54) is 6.42 Å². The lowest BCUT2D eigenvalue weighted by atomic mass is 9.90. The third-order valence-corrected chi connectivity index (χ3v) is 6.33. The molecular weight excluding hydrogens is 426 g/mol. The summed E-state index contributed by atoms with van der Waals surface area (Å²) in [7, 11) is 0. The van der Waals surface area contributed by atoms with Crippen LogP contribution in [0.1, 0.15) is 59.2 Å². The van der Waals surface area contributed by atoms with Crippen molar-refractivity contribution >= 4 is 17.3 Å². The van der Waals surface area contributed by atoms with E-state index < -0.39 is 0 Å². The summed E-state index contributed by atoms with van der Waals surface area (Å²) in [5, 5.41) is 0.718. The Balaban J connectivity index is 0.00000149. The van der Waals surface area contributed by atoms with E-state index in [1.54, 1.807) is 0 Å². The van der Waals surface area contributed by atoms with Crippen molar-refractivity contribution in [2.45, 2.75) is 53.4 Å². The van der Waals surface area contributed by atoms with Crippen molar-refractivity contribution < 1.29 is 0 Å². The Bertz CT molecular complexity index is 1110. The maximum atomic E-state index is 6.73. The van der Waals surface area contributed by atoms with Gasteiger partial charge in [0, 0.05) is 70.2 Å². The lowest BCUT2D eigenvalue weighted by Gasteiger charge is -2.21. The first-order valence-corrected chi connectivity index (χ1v) is 12.3. The first-order valence-electron chi connectivity index (χ1n) is 11.9. The fourth-order valence-corrected chi connectivity index (χ4v) is 4.35. The minimum atomic E-state index is -0.00425. The number of hydrogen-bond donors (Lipinski definition) is 0. The Labute approximate surface area is 204 Å². The average molecular weight is 462 g/mol. The van der Waals surface area contributed by atoms with Crippen molar-refractivity contribution in [2.75, 3.05) is 13.1 Å². The highest BCUT2D eigenvalue weighted by molar-refractivity contribution is 6.33. The monoisotopic (exact) mass is 461 g/mol. The Morgan fingerprint density at radius 2 is 1.76 bits per heavy atom. The van der Waals surface area contributed by atoms with Crippen LogP contribution >= 0.6 is 11.6 Å². The van der Waals surface area contributed by atoms with Gasteiger partial charge < -0.3 is 4.90 Å². The van der Waals surface area contributed by atoms with E-state index in [2.05, 4.69) is 73.4 Å². The van der Waals surface area contributed by atoms with Gasteiger partial charge in [-0.3, -0.25) is 9.97 Å². The van der Waals surface area contributed by atoms with E-state index in [9.17, 15) is 0 Å². The van der Waals surface area contributed by atoms with Crippen LogP contribution < -0.4 is 0 Å². The van der Waals surface area contributed by atoms with Gasteiger partial charge in [0.2, 0.25) is 0 Å². The summed E-state index contributed by atoms with van der Waals surface area (Å²) in [5.41, 5.74) is 7.34. The van der Waals surface area contributed by atoms with E-state index >= 15 is 0 Å². The third-order valence-electron chi connectivity index (χ3n) is 6.02. The molecule has 0 N–H and O–H groups in total. The number of hydrogen-bond acceptors (Lipinski definition) is 3. The van der Waals surface area contributed by atoms with Crippen LogP contribution in [0, 0.1) is 5.92 Å². The number of rotatable bonds is 4. The minimum absolute atomic E-state index is 0.00425. The van der Waals surface area contributed by atoms with Crippen molar-refractivity contribution in [3.63, 3.8) is 0 Å². The highest BCUT2D eigenvalue weighted by Crippen LogP contribution is 2.34. The molecule has 0 saturated carbocycles. The molecular formula is C29H36ClN3. The maximum absolute atomic E-state index is 6.73. The minimum Gasteiger partial charge on any atom is -0.371 e. The number of aromatic nitrogens is 2. The number of benzene rings is 1. The van der Waals surface area contributed by atoms with E-state index in [0.29, 0.717) is 5.92 Å². The summed E-state index contributed by atoms with van der Waals surface area (Å²) in [6, 6.07) is 12.5. The van der Waals surface area contributed by atoms with Crippen LogP contribution in [0.4, 0.5) is 0 Å². The molecule has 0 radical (unpaired) electrons. The number of likely N-dealkylation sites (tertiary alicyclic amines) is 1. The Morgan fingerprint density at radius 3 is 2.39 bits per heavy atom. The molecule has 0 bridgehead atoms. The Kier molecular flexibility index (Phi) is 7.97. The smallest absolute Gasteiger partial charge is 0.0491 e. The van der Waals surface area contributed by atoms with Gasteiger partial charge in [-0.15, -0.1) is 0 Å². The fraction of sp³-hybridized carbons (Fsp3) is 0.379. The molecule has 1 saturated heterocycles. The van der Waals surface area contributed by atoms with Crippen LogP contribution in [0.5, 0.6) is 0 Å². The standard InChI is InChI=1S/C27H30ClN3.C2H6/c1-18-9-11-31(17-18)19(2)20-6-7-24(25(28)13-20)23-12-22(15-29-16-23)21-8-10-30-26(14-21)27(3,4)5;1-2/h6-8,10,12-16,18H,2,9,11,17H2,1,3-5H3;1-2H3. The van der Waals surface area contributed by atoms with Crippen LogP contribution in [0.25, 0.3) is 28.0 Å². The number of nitrogens with zero attached hydrogens (tertiary/aromatic N) is 3. The van der Waals surface area contributed by atoms with Crippen LogP contribution in [0.15, 0.2) is 61.6 Å². The first-order chi connectivity index (χ1) is 15.7. The van der Waals surface area contributed by atoms with Crippen LogP contribution in [0.2, 0.25) is 5.02 Å². The second-order valence-electron chi connectivity index (χ2n) is 9.62. The van der Waals surface area contributed by atoms with Crippen molar-refractivity contribution in [3.8, 4) is 22.3 Å². The van der Waals surface area contributed by atoms with E-state index in [1.807, 2.05) is 44.6 Å². The molecule has 1 unspecified atom stereocenters. The van der Waals surface area contributed by atoms with Gasteiger partial charge >= 0.3 is 0 Å². The molecule has 0 aliphatic carbocycles. The zero-order valence-corrected chi connectivity index (χ0v) is 21.6. The molecule has 3 aromatic rings. The maximum Gasteiger partial charge on any atom is 0.0491 e. The van der Waals surface area contributed by atoms with Crippen molar-refractivity contribution in [3.05, 3.63) is 77.8 Å². The normalized spacial score (nSPS) is 15.7. The van der Waals surface area contributed by atoms with Gasteiger partial charge in [0.1, 0.15) is 0 Å². The van der Waals surface area contributed by atoms with E-state index in [0.717, 1.165) is 57.3 Å². The molecule has 4 heteroatoms. The average Bonchev–Trinajstić information content (AvgIpc) is 3.25. The van der Waals surface area contributed by atoms with Gasteiger partial charge in [-0.1, -0.05) is 71.9 Å². The van der Waals surface area contributed by atoms with Gasteiger partial charge in [-0.2, -0.15) is 0 Å². The van der Waals surface area contributed by atoms with E-state index in [4.69, 9.17) is 11.6 Å². The molecule has 1 aliphatic rings. The molecule has 33 heavy (non-hydrogen) atoms. The first kappa shape index (κ1) is 25.0. The van der Waals surface area contributed by atoms with E-state index in [-0.39, 0.29) is 5.41 Å². The second kappa shape index (κ2) is 10.5. The van der Waals surface area contributed by atoms with Crippen molar-refractivity contribution in [1.29, 1.82) is 0 Å². The molecule has 174 valence electrons. The van der Waals surface area contributed by atoms with Crippen LogP contribution in [-0.4, -0.2) is 28.0 Å². The number of pyridine rings is 2. The zero-order valence-electron chi connectivity index (χ0n) is 20.8. The molecule has 2 aromatic heterocycles. The largest absolute Gasteiger partial charge is 0.371 e. The zero-order chi connectivity index (χ0) is 24.2. The van der Waals surface area contributed by atoms with Gasteiger partial charge in [0.05, 0.1) is 0 Å². The summed E-state index contributed by atoms with van der Waals surface area (Å²) in [5.74, 6) is 0.715. The molecule has 1 aliphatic heterocycles. The second-order valence-corrected chi connectivity index (χ2v) is 10.0. The molecule has 3 nitrogen and oxygen atoms in total. The summed E-state index contributed by atoms with van der Waals surface area (Å²) in [6.07, 6.45) is 6.85.